The molecule has 0 spiro atoms. The fourth-order valence-corrected chi connectivity index (χ4v) is 1.12. The molecule has 2 nitrogen and oxygen atoms in total. The van der Waals surface area contributed by atoms with Gasteiger partial charge in [-0.1, -0.05) is 36.3 Å². The molecule has 0 atom stereocenters. The fraction of sp³-hybridized carbons (Fsp3) is 0.250. The van der Waals surface area contributed by atoms with Gasteiger partial charge in [-0.05, 0) is 5.56 Å². The van der Waals surface area contributed by atoms with Crippen LogP contribution in [0.4, 0.5) is 0 Å². The van der Waals surface area contributed by atoms with Crippen molar-refractivity contribution in [3.05, 3.63) is 35.9 Å². The average molecular weight is 187 g/mol. The highest BCUT2D eigenvalue weighted by molar-refractivity contribution is 5.82. The van der Waals surface area contributed by atoms with E-state index in [1.807, 2.05) is 30.3 Å². The van der Waals surface area contributed by atoms with Gasteiger partial charge < -0.3 is 5.32 Å². The van der Waals surface area contributed by atoms with Crippen LogP contribution < -0.4 is 5.32 Å². The van der Waals surface area contributed by atoms with E-state index in [1.54, 1.807) is 0 Å². The summed E-state index contributed by atoms with van der Waals surface area (Å²) in [5, 5.41) is 3.04. The van der Waals surface area contributed by atoms with Gasteiger partial charge in [0.2, 0.25) is 0 Å². The molecule has 0 amide bonds. The van der Waals surface area contributed by atoms with Crippen molar-refractivity contribution in [2.24, 2.45) is 0 Å². The van der Waals surface area contributed by atoms with Gasteiger partial charge in [-0.15, -0.1) is 6.42 Å². The molecule has 14 heavy (non-hydrogen) atoms. The second kappa shape index (κ2) is 5.95. The topological polar surface area (TPSA) is 29.1 Å². The molecular weight excluding hydrogens is 174 g/mol. The van der Waals surface area contributed by atoms with Crippen LogP contribution in [-0.2, 0) is 11.3 Å². The Morgan fingerprint density at radius 2 is 2.07 bits per heavy atom. The maximum absolute atomic E-state index is 11.0. The van der Waals surface area contributed by atoms with Gasteiger partial charge in [0.05, 0.1) is 13.0 Å². The summed E-state index contributed by atoms with van der Waals surface area (Å²) in [7, 11) is 0. The van der Waals surface area contributed by atoms with Crippen LogP contribution in [-0.4, -0.2) is 12.3 Å². The van der Waals surface area contributed by atoms with Gasteiger partial charge in [-0.3, -0.25) is 4.79 Å². The molecule has 1 aromatic carbocycles. The molecule has 0 aromatic heterocycles. The summed E-state index contributed by atoms with van der Waals surface area (Å²) < 4.78 is 0. The van der Waals surface area contributed by atoms with E-state index in [0.29, 0.717) is 13.1 Å². The van der Waals surface area contributed by atoms with Crippen LogP contribution >= 0.6 is 0 Å². The van der Waals surface area contributed by atoms with E-state index >= 15 is 0 Å². The van der Waals surface area contributed by atoms with Crippen LogP contribution in [0.25, 0.3) is 0 Å². The zero-order chi connectivity index (χ0) is 10.2. The summed E-state index contributed by atoms with van der Waals surface area (Å²) >= 11 is 0. The number of terminal acetylenes is 1. The molecule has 0 unspecified atom stereocenters. The molecule has 0 heterocycles. The molecule has 1 N–H and O–H groups in total. The molecule has 0 radical (unpaired) electrons. The monoisotopic (exact) mass is 187 g/mol. The van der Waals surface area contributed by atoms with Crippen molar-refractivity contribution in [2.45, 2.75) is 13.0 Å². The quantitative estimate of drug-likeness (QED) is 0.705. The maximum Gasteiger partial charge on any atom is 0.158 e. The minimum absolute atomic E-state index is 0.0587. The predicted octanol–water partition coefficient (Wildman–Crippen LogP) is 1.37. The van der Waals surface area contributed by atoms with Gasteiger partial charge in [-0.2, -0.15) is 0 Å². The van der Waals surface area contributed by atoms with Crippen LogP contribution in [0.1, 0.15) is 12.0 Å². The fourth-order valence-electron chi connectivity index (χ4n) is 1.12. The number of rotatable bonds is 5. The first kappa shape index (κ1) is 10.5. The van der Waals surface area contributed by atoms with E-state index in [-0.39, 0.29) is 12.2 Å². The molecule has 0 aliphatic rings. The summed E-state index contributed by atoms with van der Waals surface area (Å²) in [5.41, 5.74) is 1.17. The van der Waals surface area contributed by atoms with Gasteiger partial charge in [0.1, 0.15) is 0 Å². The number of Topliss-reactive ketones (excluding diaryl/α,β-unsaturated/α-hetero) is 1. The first-order chi connectivity index (χ1) is 6.83. The first-order valence-corrected chi connectivity index (χ1v) is 4.52. The lowest BCUT2D eigenvalue weighted by Gasteiger charge is -2.02. The number of hydrogen-bond donors (Lipinski definition) is 1. The third-order valence-electron chi connectivity index (χ3n) is 1.79. The van der Waals surface area contributed by atoms with Crippen LogP contribution in [0, 0.1) is 12.3 Å². The van der Waals surface area contributed by atoms with Gasteiger partial charge in [0.25, 0.3) is 0 Å². The zero-order valence-electron chi connectivity index (χ0n) is 7.99. The predicted molar refractivity (Wildman–Crippen MR) is 56.6 cm³/mol. The summed E-state index contributed by atoms with van der Waals surface area (Å²) in [6, 6.07) is 9.94. The SMILES string of the molecule is C#CCC(=O)CNCc1ccccc1. The smallest absolute Gasteiger partial charge is 0.158 e. The standard InChI is InChI=1S/C12H13NO/c1-2-6-12(14)10-13-9-11-7-4-3-5-8-11/h1,3-5,7-8,13H,6,9-10H2. The lowest BCUT2D eigenvalue weighted by molar-refractivity contribution is -0.117. The zero-order valence-corrected chi connectivity index (χ0v) is 7.99. The average Bonchev–Trinajstić information content (AvgIpc) is 2.20. The van der Waals surface area contributed by atoms with Gasteiger partial charge in [0.15, 0.2) is 5.78 Å². The van der Waals surface area contributed by atoms with Crippen LogP contribution in [0.3, 0.4) is 0 Å². The maximum atomic E-state index is 11.0. The molecule has 2 heteroatoms. The van der Waals surface area contributed by atoms with Crippen LogP contribution in [0.15, 0.2) is 30.3 Å². The Balaban J connectivity index is 2.23. The first-order valence-electron chi connectivity index (χ1n) is 4.52. The Hall–Kier alpha value is -1.59. The Labute approximate surface area is 84.3 Å². The van der Waals surface area contributed by atoms with Crippen molar-refractivity contribution in [3.8, 4) is 12.3 Å². The Bertz CT molecular complexity index is 324. The van der Waals surface area contributed by atoms with E-state index in [1.165, 1.54) is 5.56 Å². The van der Waals surface area contributed by atoms with Crippen molar-refractivity contribution in [3.63, 3.8) is 0 Å². The highest BCUT2D eigenvalue weighted by Crippen LogP contribution is 1.96. The lowest BCUT2D eigenvalue weighted by atomic mass is 10.2. The molecule has 0 saturated carbocycles. The highest BCUT2D eigenvalue weighted by Gasteiger charge is 1.97. The molecular formula is C12H13NO. The Morgan fingerprint density at radius 1 is 1.36 bits per heavy atom. The van der Waals surface area contributed by atoms with E-state index in [9.17, 15) is 4.79 Å². The summed E-state index contributed by atoms with van der Waals surface area (Å²) in [4.78, 5) is 11.0. The molecule has 0 aliphatic carbocycles. The number of nitrogens with one attached hydrogen (secondary N) is 1. The van der Waals surface area contributed by atoms with Crippen molar-refractivity contribution < 1.29 is 4.79 Å². The van der Waals surface area contributed by atoms with Gasteiger partial charge in [0, 0.05) is 6.54 Å². The van der Waals surface area contributed by atoms with Crippen molar-refractivity contribution in [1.29, 1.82) is 0 Å². The normalized spacial score (nSPS) is 9.36. The Morgan fingerprint density at radius 3 is 2.71 bits per heavy atom. The molecule has 72 valence electrons. The number of ketones is 1. The van der Waals surface area contributed by atoms with E-state index in [4.69, 9.17) is 6.42 Å². The third kappa shape index (κ3) is 3.88. The molecule has 0 fully saturated rings. The summed E-state index contributed by atoms with van der Waals surface area (Å²) in [6.45, 7) is 1.05. The van der Waals surface area contributed by atoms with Crippen LogP contribution in [0.2, 0.25) is 0 Å². The van der Waals surface area contributed by atoms with Gasteiger partial charge in [-0.25, -0.2) is 0 Å². The number of carbonyl (C=O) groups excluding carboxylic acids is 1. The summed E-state index contributed by atoms with van der Waals surface area (Å²) in [5.74, 6) is 2.39. The molecule has 1 rings (SSSR count). The highest BCUT2D eigenvalue weighted by atomic mass is 16.1. The molecule has 0 saturated heterocycles. The number of hydrogen-bond acceptors (Lipinski definition) is 2. The second-order valence-electron chi connectivity index (χ2n) is 3.01. The molecule has 0 aliphatic heterocycles. The van der Waals surface area contributed by atoms with Crippen molar-refractivity contribution in [1.82, 2.24) is 5.32 Å². The number of benzene rings is 1. The molecule has 1 aromatic rings. The van der Waals surface area contributed by atoms with E-state index < -0.39 is 0 Å². The van der Waals surface area contributed by atoms with E-state index in [0.717, 1.165) is 0 Å². The Kier molecular flexibility index (Phi) is 4.46. The van der Waals surface area contributed by atoms with Crippen molar-refractivity contribution in [2.75, 3.05) is 6.54 Å². The minimum atomic E-state index is 0.0587. The number of carbonyl (C=O) groups is 1. The lowest BCUT2D eigenvalue weighted by Crippen LogP contribution is -2.21. The summed E-state index contributed by atoms with van der Waals surface area (Å²) in [6.07, 6.45) is 5.22. The second-order valence-corrected chi connectivity index (χ2v) is 3.01. The van der Waals surface area contributed by atoms with Gasteiger partial charge >= 0.3 is 0 Å². The third-order valence-corrected chi connectivity index (χ3v) is 1.79. The van der Waals surface area contributed by atoms with Crippen LogP contribution in [0.5, 0.6) is 0 Å². The van der Waals surface area contributed by atoms with E-state index in [2.05, 4.69) is 11.2 Å². The molecule has 0 bridgehead atoms. The minimum Gasteiger partial charge on any atom is -0.306 e. The largest absolute Gasteiger partial charge is 0.306 e. The van der Waals surface area contributed by atoms with Crippen molar-refractivity contribution >= 4 is 5.78 Å².